The predicted octanol–water partition coefficient (Wildman–Crippen LogP) is 4.07. The van der Waals surface area contributed by atoms with Crippen LogP contribution in [0, 0.1) is 0 Å². The third-order valence-corrected chi connectivity index (χ3v) is 5.79. The lowest BCUT2D eigenvalue weighted by atomic mass is 10.2. The van der Waals surface area contributed by atoms with E-state index in [1.807, 2.05) is 40.6 Å². The van der Waals surface area contributed by atoms with Crippen molar-refractivity contribution in [1.29, 1.82) is 0 Å². The lowest BCUT2D eigenvalue weighted by molar-refractivity contribution is -0.181. The molecule has 10 heteroatoms. The summed E-state index contributed by atoms with van der Waals surface area (Å²) in [6, 6.07) is 8.56. The molecule has 0 aliphatic carbocycles. The van der Waals surface area contributed by atoms with Gasteiger partial charge in [-0.3, -0.25) is 9.89 Å². The minimum atomic E-state index is -4.19. The van der Waals surface area contributed by atoms with Gasteiger partial charge in [0.1, 0.15) is 11.0 Å². The van der Waals surface area contributed by atoms with Crippen LogP contribution in [-0.4, -0.2) is 66.2 Å². The molecule has 1 saturated heterocycles. The summed E-state index contributed by atoms with van der Waals surface area (Å²) in [4.78, 5) is 12.4. The van der Waals surface area contributed by atoms with E-state index in [0.29, 0.717) is 38.7 Å². The highest BCUT2D eigenvalue weighted by molar-refractivity contribution is 14.0. The fourth-order valence-electron chi connectivity index (χ4n) is 3.13. The number of piperazine rings is 1. The summed E-state index contributed by atoms with van der Waals surface area (Å²) in [5, 5.41) is 6.24. The quantitative estimate of drug-likeness (QED) is 0.362. The molecule has 1 N–H and O–H groups in total. The number of rotatable bonds is 4. The van der Waals surface area contributed by atoms with Crippen LogP contribution in [0.4, 0.5) is 13.2 Å². The molecule has 0 radical (unpaired) electrons. The molecule has 0 spiro atoms. The van der Waals surface area contributed by atoms with Crippen molar-refractivity contribution in [3.63, 3.8) is 0 Å². The topological polar surface area (TPSA) is 43.8 Å². The van der Waals surface area contributed by atoms with Crippen LogP contribution in [0.1, 0.15) is 12.6 Å². The van der Waals surface area contributed by atoms with E-state index in [9.17, 15) is 13.2 Å². The van der Waals surface area contributed by atoms with Crippen LogP contribution in [-0.2, 0) is 6.54 Å². The van der Waals surface area contributed by atoms with E-state index in [0.717, 1.165) is 16.3 Å². The van der Waals surface area contributed by atoms with Crippen LogP contribution in [0.3, 0.4) is 0 Å². The molecule has 1 unspecified atom stereocenters. The first kappa shape index (κ1) is 23.9. The second kappa shape index (κ2) is 10.6. The van der Waals surface area contributed by atoms with Crippen molar-refractivity contribution in [2.75, 3.05) is 33.2 Å². The third kappa shape index (κ3) is 6.29. The Hall–Kier alpha value is -1.40. The Kier molecular flexibility index (Phi) is 8.71. The molecule has 0 saturated carbocycles. The third-order valence-electron chi connectivity index (χ3n) is 4.85. The van der Waals surface area contributed by atoms with Crippen LogP contribution in [0.5, 0.6) is 0 Å². The monoisotopic (exact) mass is 539 g/mol. The maximum atomic E-state index is 12.9. The lowest BCUT2D eigenvalue weighted by Gasteiger charge is -2.39. The zero-order valence-electron chi connectivity index (χ0n) is 16.3. The van der Waals surface area contributed by atoms with E-state index in [4.69, 9.17) is 0 Å². The molecule has 0 amide bonds. The van der Waals surface area contributed by atoms with Gasteiger partial charge in [0.2, 0.25) is 0 Å². The van der Waals surface area contributed by atoms with Crippen LogP contribution >= 0.6 is 35.3 Å². The second-order valence-electron chi connectivity index (χ2n) is 6.65. The summed E-state index contributed by atoms with van der Waals surface area (Å²) in [5.41, 5.74) is 1.99. The van der Waals surface area contributed by atoms with Crippen LogP contribution in [0.2, 0.25) is 0 Å². The highest BCUT2D eigenvalue weighted by atomic mass is 127. The summed E-state index contributed by atoms with van der Waals surface area (Å²) >= 11 is 1.59. The van der Waals surface area contributed by atoms with Gasteiger partial charge in [-0.2, -0.15) is 13.2 Å². The number of halogens is 4. The number of alkyl halides is 3. The van der Waals surface area contributed by atoms with E-state index in [1.165, 1.54) is 11.8 Å². The molecule has 2 heterocycles. The maximum absolute atomic E-state index is 12.9. The van der Waals surface area contributed by atoms with Gasteiger partial charge >= 0.3 is 6.18 Å². The predicted molar refractivity (Wildman–Crippen MR) is 122 cm³/mol. The summed E-state index contributed by atoms with van der Waals surface area (Å²) < 4.78 is 38.7. The fourth-order valence-corrected chi connectivity index (χ4v) is 3.96. The largest absolute Gasteiger partial charge is 0.403 e. The molecule has 1 aromatic carbocycles. The molecule has 3 rings (SSSR count). The normalized spacial score (nSPS) is 17.0. The molecule has 1 fully saturated rings. The number of aromatic nitrogens is 1. The van der Waals surface area contributed by atoms with Crippen LogP contribution in [0.25, 0.3) is 10.6 Å². The number of guanidine groups is 1. The van der Waals surface area contributed by atoms with Gasteiger partial charge in [-0.1, -0.05) is 30.3 Å². The van der Waals surface area contributed by atoms with Crippen molar-refractivity contribution < 1.29 is 13.2 Å². The Morgan fingerprint density at radius 3 is 2.45 bits per heavy atom. The summed E-state index contributed by atoms with van der Waals surface area (Å²) in [7, 11) is 1.68. The Morgan fingerprint density at radius 2 is 1.86 bits per heavy atom. The first-order valence-electron chi connectivity index (χ1n) is 9.14. The van der Waals surface area contributed by atoms with E-state index < -0.39 is 12.2 Å². The van der Waals surface area contributed by atoms with E-state index in [-0.39, 0.29) is 24.0 Å². The van der Waals surface area contributed by atoms with Crippen LogP contribution in [0.15, 0.2) is 40.7 Å². The summed E-state index contributed by atoms with van der Waals surface area (Å²) in [5.74, 6) is 0.688. The summed E-state index contributed by atoms with van der Waals surface area (Å²) in [6.07, 6.45) is -4.19. The van der Waals surface area contributed by atoms with Crippen molar-refractivity contribution in [2.45, 2.75) is 25.7 Å². The van der Waals surface area contributed by atoms with Crippen molar-refractivity contribution in [2.24, 2.45) is 4.99 Å². The number of benzene rings is 1. The molecule has 29 heavy (non-hydrogen) atoms. The van der Waals surface area contributed by atoms with Gasteiger partial charge in [0.15, 0.2) is 5.96 Å². The molecule has 2 aromatic rings. The molecule has 160 valence electrons. The number of nitrogens with one attached hydrogen (secondary N) is 1. The molecule has 1 aliphatic heterocycles. The van der Waals surface area contributed by atoms with Crippen molar-refractivity contribution in [3.8, 4) is 10.6 Å². The Balaban J connectivity index is 0.00000300. The summed E-state index contributed by atoms with van der Waals surface area (Å²) in [6.45, 7) is 3.47. The van der Waals surface area contributed by atoms with Crippen LogP contribution < -0.4 is 5.32 Å². The van der Waals surface area contributed by atoms with Gasteiger partial charge in [0.25, 0.3) is 0 Å². The highest BCUT2D eigenvalue weighted by Gasteiger charge is 2.41. The Labute approximate surface area is 190 Å². The van der Waals surface area contributed by atoms with Gasteiger partial charge < -0.3 is 10.2 Å². The van der Waals surface area contributed by atoms with Gasteiger partial charge in [-0.25, -0.2) is 4.98 Å². The van der Waals surface area contributed by atoms with E-state index in [2.05, 4.69) is 15.3 Å². The smallest absolute Gasteiger partial charge is 0.351 e. The molecule has 1 aromatic heterocycles. The minimum absolute atomic E-state index is 0. The zero-order valence-corrected chi connectivity index (χ0v) is 19.5. The van der Waals surface area contributed by atoms with Crippen molar-refractivity contribution in [1.82, 2.24) is 20.1 Å². The standard InChI is InChI=1S/C19H24F3N5S.HI/c1-14(19(20,21)22)26-8-10-27(11-9-26)18(23-2)24-12-16-13-28-17(25-16)15-6-4-3-5-7-15;/h3-7,13-14H,8-12H2,1-2H3,(H,23,24);1H. The number of nitrogens with zero attached hydrogens (tertiary/aromatic N) is 4. The maximum Gasteiger partial charge on any atom is 0.403 e. The van der Waals surface area contributed by atoms with Gasteiger partial charge in [0, 0.05) is 44.2 Å². The van der Waals surface area contributed by atoms with E-state index >= 15 is 0 Å². The molecular formula is C19H25F3IN5S. The Bertz CT molecular complexity index is 789. The molecular weight excluding hydrogens is 514 g/mol. The average molecular weight is 539 g/mol. The number of thiazole rings is 1. The first-order valence-corrected chi connectivity index (χ1v) is 10.0. The zero-order chi connectivity index (χ0) is 20.1. The minimum Gasteiger partial charge on any atom is -0.351 e. The Morgan fingerprint density at radius 1 is 1.21 bits per heavy atom. The SMILES string of the molecule is CN=C(NCc1csc(-c2ccccc2)n1)N1CCN(C(C)C(F)(F)F)CC1.I. The molecule has 1 atom stereocenters. The van der Waals surface area contributed by atoms with Crippen molar-refractivity contribution >= 4 is 41.3 Å². The number of aliphatic imine (C=N–C) groups is 1. The van der Waals surface area contributed by atoms with Gasteiger partial charge in [0.05, 0.1) is 12.2 Å². The molecule has 1 aliphatic rings. The highest BCUT2D eigenvalue weighted by Crippen LogP contribution is 2.25. The van der Waals surface area contributed by atoms with Crippen molar-refractivity contribution in [3.05, 3.63) is 41.4 Å². The number of hydrogen-bond acceptors (Lipinski definition) is 4. The lowest BCUT2D eigenvalue weighted by Crippen LogP contribution is -2.56. The van der Waals surface area contributed by atoms with Gasteiger partial charge in [-0.15, -0.1) is 35.3 Å². The van der Waals surface area contributed by atoms with Gasteiger partial charge in [-0.05, 0) is 6.92 Å². The molecule has 5 nitrogen and oxygen atoms in total. The van der Waals surface area contributed by atoms with E-state index in [1.54, 1.807) is 18.4 Å². The fraction of sp³-hybridized carbons (Fsp3) is 0.474. The number of hydrogen-bond donors (Lipinski definition) is 1. The second-order valence-corrected chi connectivity index (χ2v) is 7.51. The average Bonchev–Trinajstić information content (AvgIpc) is 3.17. The molecule has 0 bridgehead atoms. The first-order chi connectivity index (χ1) is 13.4.